The Morgan fingerprint density at radius 1 is 1.43 bits per heavy atom. The maximum atomic E-state index is 14.0. The van der Waals surface area contributed by atoms with Gasteiger partial charge in [-0.2, -0.15) is 18.2 Å². The first-order valence-electron chi connectivity index (χ1n) is 9.73. The Kier molecular flexibility index (Phi) is 5.54. The van der Waals surface area contributed by atoms with Crippen molar-refractivity contribution >= 4 is 34.2 Å². The minimum Gasteiger partial charge on any atom is -0.423 e. The number of alkyl halides is 3. The van der Waals surface area contributed by atoms with Crippen LogP contribution in [0.5, 0.6) is 0 Å². The van der Waals surface area contributed by atoms with Crippen LogP contribution in [-0.4, -0.2) is 41.4 Å². The highest BCUT2D eigenvalue weighted by Crippen LogP contribution is 2.43. The number of anilines is 1. The number of carbonyl (C=O) groups excluding carboxylic acids is 1. The van der Waals surface area contributed by atoms with E-state index in [2.05, 4.69) is 15.3 Å². The number of thiazole rings is 1. The fourth-order valence-corrected chi connectivity index (χ4v) is 4.46. The van der Waals surface area contributed by atoms with Crippen LogP contribution in [0.3, 0.4) is 0 Å². The largest absolute Gasteiger partial charge is 0.423 e. The van der Waals surface area contributed by atoms with Gasteiger partial charge in [-0.25, -0.2) is 4.98 Å². The molecule has 10 heteroatoms. The van der Waals surface area contributed by atoms with Gasteiger partial charge in [0.05, 0.1) is 11.1 Å². The van der Waals surface area contributed by atoms with Crippen LogP contribution in [0, 0.1) is 0 Å². The van der Waals surface area contributed by atoms with Crippen molar-refractivity contribution in [3.63, 3.8) is 0 Å². The van der Waals surface area contributed by atoms with Crippen molar-refractivity contribution in [2.45, 2.75) is 38.9 Å². The van der Waals surface area contributed by atoms with Gasteiger partial charge in [-0.1, -0.05) is 0 Å². The smallest absolute Gasteiger partial charge is 0.419 e. The van der Waals surface area contributed by atoms with Crippen LogP contribution in [0.25, 0.3) is 21.7 Å². The molecule has 0 bridgehead atoms. The number of nitrogens with one attached hydrogen (secondary N) is 1. The van der Waals surface area contributed by atoms with E-state index in [4.69, 9.17) is 4.42 Å². The van der Waals surface area contributed by atoms with E-state index in [1.165, 1.54) is 17.4 Å². The Labute approximate surface area is 175 Å². The number of rotatable bonds is 6. The van der Waals surface area contributed by atoms with Gasteiger partial charge in [0.15, 0.2) is 11.4 Å². The SMILES string of the molecule is CCN(CC1CCCN1)c1nc2c(C(F)(F)F)c(C(C)=O)cc(-c3nccs3)c2o1. The Morgan fingerprint density at radius 2 is 2.23 bits per heavy atom. The van der Waals surface area contributed by atoms with Crippen LogP contribution in [-0.2, 0) is 6.18 Å². The summed E-state index contributed by atoms with van der Waals surface area (Å²) in [4.78, 5) is 22.4. The average molecular weight is 438 g/mol. The van der Waals surface area contributed by atoms with Crippen molar-refractivity contribution in [3.05, 3.63) is 28.8 Å². The molecule has 1 aromatic carbocycles. The first-order chi connectivity index (χ1) is 14.3. The van der Waals surface area contributed by atoms with Crippen LogP contribution in [0.2, 0.25) is 0 Å². The molecule has 0 saturated carbocycles. The summed E-state index contributed by atoms with van der Waals surface area (Å²) in [7, 11) is 0. The average Bonchev–Trinajstić information content (AvgIpc) is 3.45. The number of oxazole rings is 1. The van der Waals surface area contributed by atoms with E-state index < -0.39 is 23.1 Å². The highest BCUT2D eigenvalue weighted by atomic mass is 32.1. The lowest BCUT2D eigenvalue weighted by Crippen LogP contribution is -2.37. The molecule has 1 aliphatic heterocycles. The Bertz CT molecular complexity index is 1060. The van der Waals surface area contributed by atoms with E-state index in [0.29, 0.717) is 23.7 Å². The molecule has 3 aromatic rings. The number of Topliss-reactive ketones (excluding diaryl/α,β-unsaturated/α-hetero) is 1. The summed E-state index contributed by atoms with van der Waals surface area (Å²) < 4.78 is 47.8. The van der Waals surface area contributed by atoms with Crippen LogP contribution in [0.15, 0.2) is 22.1 Å². The van der Waals surface area contributed by atoms with Crippen LogP contribution in [0.1, 0.15) is 42.6 Å². The number of ketones is 1. The lowest BCUT2D eigenvalue weighted by atomic mass is 9.98. The molecule has 0 aliphatic carbocycles. The molecular weight excluding hydrogens is 417 g/mol. The summed E-state index contributed by atoms with van der Waals surface area (Å²) in [6.45, 7) is 5.05. The highest BCUT2D eigenvalue weighted by molar-refractivity contribution is 7.13. The van der Waals surface area contributed by atoms with E-state index in [9.17, 15) is 18.0 Å². The van der Waals surface area contributed by atoms with E-state index >= 15 is 0 Å². The maximum absolute atomic E-state index is 14.0. The molecule has 1 aliphatic rings. The molecule has 1 saturated heterocycles. The molecule has 160 valence electrons. The number of hydrogen-bond acceptors (Lipinski definition) is 7. The molecule has 0 spiro atoms. The highest BCUT2D eigenvalue weighted by Gasteiger charge is 2.40. The van der Waals surface area contributed by atoms with Gasteiger partial charge in [-0.3, -0.25) is 4.79 Å². The molecule has 1 unspecified atom stereocenters. The molecule has 1 fully saturated rings. The van der Waals surface area contributed by atoms with Gasteiger partial charge < -0.3 is 14.6 Å². The van der Waals surface area contributed by atoms with Crippen molar-refractivity contribution in [2.24, 2.45) is 0 Å². The first kappa shape index (κ1) is 20.8. The molecule has 4 rings (SSSR count). The lowest BCUT2D eigenvalue weighted by molar-refractivity contribution is -0.136. The monoisotopic (exact) mass is 438 g/mol. The Hall–Kier alpha value is -2.46. The molecule has 1 N–H and O–H groups in total. The van der Waals surface area contributed by atoms with Crippen LogP contribution in [0.4, 0.5) is 19.2 Å². The maximum Gasteiger partial charge on any atom is 0.419 e. The quantitative estimate of drug-likeness (QED) is 0.560. The second-order valence-corrected chi connectivity index (χ2v) is 8.14. The number of fused-ring (bicyclic) bond motifs is 1. The fourth-order valence-electron chi connectivity index (χ4n) is 3.81. The van der Waals surface area contributed by atoms with Crippen molar-refractivity contribution in [1.29, 1.82) is 0 Å². The summed E-state index contributed by atoms with van der Waals surface area (Å²) in [5.74, 6) is -0.686. The van der Waals surface area contributed by atoms with Gasteiger partial charge in [0.2, 0.25) is 0 Å². The molecule has 30 heavy (non-hydrogen) atoms. The zero-order valence-corrected chi connectivity index (χ0v) is 17.4. The second-order valence-electron chi connectivity index (χ2n) is 7.24. The molecule has 2 aromatic heterocycles. The Balaban J connectivity index is 1.93. The van der Waals surface area contributed by atoms with Gasteiger partial charge in [0.25, 0.3) is 6.01 Å². The minimum atomic E-state index is -4.75. The predicted octanol–water partition coefficient (Wildman–Crippen LogP) is 4.75. The number of likely N-dealkylation sites (N-methyl/N-ethyl adjacent to an activating group) is 1. The van der Waals surface area contributed by atoms with Crippen LogP contribution < -0.4 is 10.2 Å². The summed E-state index contributed by atoms with van der Waals surface area (Å²) >= 11 is 1.26. The van der Waals surface area contributed by atoms with Crippen molar-refractivity contribution < 1.29 is 22.4 Å². The zero-order chi connectivity index (χ0) is 21.5. The van der Waals surface area contributed by atoms with E-state index in [1.807, 2.05) is 11.8 Å². The minimum absolute atomic E-state index is 0.00453. The normalized spacial score (nSPS) is 17.0. The summed E-state index contributed by atoms with van der Waals surface area (Å²) in [5.41, 5.74) is -1.51. The molecule has 0 radical (unpaired) electrons. The van der Waals surface area contributed by atoms with Crippen molar-refractivity contribution in [3.8, 4) is 10.6 Å². The summed E-state index contributed by atoms with van der Waals surface area (Å²) in [6.07, 6.45) is -1.15. The number of aromatic nitrogens is 2. The predicted molar refractivity (Wildman–Crippen MR) is 109 cm³/mol. The van der Waals surface area contributed by atoms with Gasteiger partial charge in [-0.05, 0) is 39.3 Å². The molecule has 1 atom stereocenters. The molecule has 6 nitrogen and oxygen atoms in total. The fraction of sp³-hybridized carbons (Fsp3) is 0.450. The topological polar surface area (TPSA) is 71.3 Å². The van der Waals surface area contributed by atoms with Crippen molar-refractivity contribution in [1.82, 2.24) is 15.3 Å². The Morgan fingerprint density at radius 3 is 2.80 bits per heavy atom. The number of halogens is 3. The number of hydrogen-bond donors (Lipinski definition) is 1. The third kappa shape index (κ3) is 3.81. The van der Waals surface area contributed by atoms with Gasteiger partial charge in [0, 0.05) is 36.3 Å². The molecular formula is C20H21F3N4O2S. The number of carbonyl (C=O) groups is 1. The van der Waals surface area contributed by atoms with E-state index in [-0.39, 0.29) is 23.2 Å². The third-order valence-electron chi connectivity index (χ3n) is 5.24. The first-order valence-corrected chi connectivity index (χ1v) is 10.6. The second kappa shape index (κ2) is 7.99. The summed E-state index contributed by atoms with van der Waals surface area (Å²) in [5, 5.41) is 5.56. The van der Waals surface area contributed by atoms with Crippen molar-refractivity contribution in [2.75, 3.05) is 24.5 Å². The molecule has 0 amide bonds. The summed E-state index contributed by atoms with van der Waals surface area (Å²) in [6, 6.07) is 1.56. The lowest BCUT2D eigenvalue weighted by Gasteiger charge is -2.22. The van der Waals surface area contributed by atoms with E-state index in [0.717, 1.165) is 26.3 Å². The third-order valence-corrected chi connectivity index (χ3v) is 6.04. The standard InChI is InChI=1S/C20H21F3N4O2S/c1-3-27(10-12-5-4-6-24-12)19-26-16-15(20(21,22)23)13(11(2)28)9-14(17(16)29-19)18-25-7-8-30-18/h7-9,12,24H,3-6,10H2,1-2H3. The zero-order valence-electron chi connectivity index (χ0n) is 16.5. The molecule has 3 heterocycles. The van der Waals surface area contributed by atoms with Gasteiger partial charge in [-0.15, -0.1) is 11.3 Å². The number of nitrogens with zero attached hydrogens (tertiary/aromatic N) is 3. The number of benzene rings is 1. The van der Waals surface area contributed by atoms with Crippen LogP contribution >= 0.6 is 11.3 Å². The van der Waals surface area contributed by atoms with E-state index in [1.54, 1.807) is 11.6 Å². The van der Waals surface area contributed by atoms with Gasteiger partial charge in [0.1, 0.15) is 10.5 Å². The van der Waals surface area contributed by atoms with Gasteiger partial charge >= 0.3 is 6.18 Å².